The van der Waals surface area contributed by atoms with Gasteiger partial charge in [-0.05, 0) is 40.7 Å². The van der Waals surface area contributed by atoms with E-state index in [-0.39, 0.29) is 0 Å². The molecule has 1 aromatic heterocycles. The maximum absolute atomic E-state index is 9.94. The van der Waals surface area contributed by atoms with Gasteiger partial charge in [0.25, 0.3) is 0 Å². The summed E-state index contributed by atoms with van der Waals surface area (Å²) in [7, 11) is 0. The number of nitrogens with one attached hydrogen (secondary N) is 1. The van der Waals surface area contributed by atoms with Crippen molar-refractivity contribution in [3.05, 3.63) is 20.8 Å². The molecule has 0 aliphatic rings. The highest BCUT2D eigenvalue weighted by molar-refractivity contribution is 9.10. The normalized spacial score (nSPS) is 15.2. The van der Waals surface area contributed by atoms with Crippen LogP contribution in [0.4, 0.5) is 0 Å². The predicted octanol–water partition coefficient (Wildman–Crippen LogP) is 3.15. The number of aliphatic hydroxyl groups is 1. The van der Waals surface area contributed by atoms with Gasteiger partial charge in [0.2, 0.25) is 0 Å². The van der Waals surface area contributed by atoms with Crippen LogP contribution in [-0.2, 0) is 6.54 Å². The Labute approximate surface area is 104 Å². The van der Waals surface area contributed by atoms with Crippen molar-refractivity contribution in [2.45, 2.75) is 38.8 Å². The van der Waals surface area contributed by atoms with E-state index in [9.17, 15) is 5.11 Å². The minimum absolute atomic E-state index is 0.585. The van der Waals surface area contributed by atoms with Crippen LogP contribution in [0.25, 0.3) is 0 Å². The van der Waals surface area contributed by atoms with Crippen LogP contribution in [0.3, 0.4) is 0 Å². The molecule has 0 aliphatic heterocycles. The maximum Gasteiger partial charge on any atom is 0.0743 e. The average Bonchev–Trinajstić information content (AvgIpc) is 2.51. The third-order valence-corrected chi connectivity index (χ3v) is 4.20. The van der Waals surface area contributed by atoms with E-state index in [1.165, 1.54) is 4.88 Å². The molecule has 0 radical (unpaired) electrons. The van der Waals surface area contributed by atoms with Crippen LogP contribution in [-0.4, -0.2) is 17.3 Å². The SMILES string of the molecule is CCCC(C)(O)CNCc1sccc1Br. The lowest BCUT2D eigenvalue weighted by Crippen LogP contribution is -2.37. The van der Waals surface area contributed by atoms with Crippen molar-refractivity contribution in [2.75, 3.05) is 6.54 Å². The van der Waals surface area contributed by atoms with Gasteiger partial charge in [0.15, 0.2) is 0 Å². The smallest absolute Gasteiger partial charge is 0.0743 e. The largest absolute Gasteiger partial charge is 0.389 e. The molecule has 1 atom stereocenters. The number of halogens is 1. The molecule has 1 heterocycles. The quantitative estimate of drug-likeness (QED) is 0.844. The van der Waals surface area contributed by atoms with E-state index in [2.05, 4.69) is 33.6 Å². The lowest BCUT2D eigenvalue weighted by molar-refractivity contribution is 0.0498. The fraction of sp³-hybridized carbons (Fsp3) is 0.636. The lowest BCUT2D eigenvalue weighted by atomic mass is 10.0. The number of rotatable bonds is 6. The molecule has 0 aliphatic carbocycles. The molecule has 1 aromatic rings. The Morgan fingerprint density at radius 3 is 2.87 bits per heavy atom. The summed E-state index contributed by atoms with van der Waals surface area (Å²) in [6.07, 6.45) is 1.85. The highest BCUT2D eigenvalue weighted by Gasteiger charge is 2.18. The van der Waals surface area contributed by atoms with Gasteiger partial charge < -0.3 is 10.4 Å². The molecule has 15 heavy (non-hydrogen) atoms. The van der Waals surface area contributed by atoms with Crippen LogP contribution < -0.4 is 5.32 Å². The molecule has 0 amide bonds. The monoisotopic (exact) mass is 291 g/mol. The van der Waals surface area contributed by atoms with E-state index >= 15 is 0 Å². The van der Waals surface area contributed by atoms with Crippen molar-refractivity contribution >= 4 is 27.3 Å². The zero-order valence-corrected chi connectivity index (χ0v) is 11.6. The van der Waals surface area contributed by atoms with Gasteiger partial charge in [0.05, 0.1) is 5.60 Å². The first kappa shape index (κ1) is 13.2. The molecule has 0 spiro atoms. The third kappa shape index (κ3) is 4.64. The van der Waals surface area contributed by atoms with Gasteiger partial charge in [-0.1, -0.05) is 13.3 Å². The standard InChI is InChI=1S/C11H18BrNOS/c1-3-5-11(2,14)8-13-7-10-9(12)4-6-15-10/h4,6,13-14H,3,5,7-8H2,1-2H3. The second kappa shape index (κ2) is 5.99. The van der Waals surface area contributed by atoms with Crippen LogP contribution in [0.2, 0.25) is 0 Å². The van der Waals surface area contributed by atoms with Gasteiger partial charge in [0, 0.05) is 22.4 Å². The molecule has 0 bridgehead atoms. The fourth-order valence-electron chi connectivity index (χ4n) is 1.52. The summed E-state index contributed by atoms with van der Waals surface area (Å²) in [6, 6.07) is 2.05. The van der Waals surface area contributed by atoms with Crippen molar-refractivity contribution in [2.24, 2.45) is 0 Å². The lowest BCUT2D eigenvalue weighted by Gasteiger charge is -2.22. The number of hydrogen-bond acceptors (Lipinski definition) is 3. The second-order valence-electron chi connectivity index (χ2n) is 4.04. The summed E-state index contributed by atoms with van der Waals surface area (Å²) < 4.78 is 1.15. The zero-order chi connectivity index (χ0) is 11.3. The van der Waals surface area contributed by atoms with E-state index in [0.717, 1.165) is 23.9 Å². The van der Waals surface area contributed by atoms with E-state index in [1.54, 1.807) is 11.3 Å². The van der Waals surface area contributed by atoms with Crippen LogP contribution in [0.5, 0.6) is 0 Å². The molecule has 0 saturated carbocycles. The highest BCUT2D eigenvalue weighted by atomic mass is 79.9. The summed E-state index contributed by atoms with van der Waals surface area (Å²) in [5, 5.41) is 15.3. The molecule has 0 fully saturated rings. The molecule has 0 saturated heterocycles. The van der Waals surface area contributed by atoms with Crippen molar-refractivity contribution in [1.82, 2.24) is 5.32 Å². The van der Waals surface area contributed by atoms with E-state index in [1.807, 2.05) is 13.0 Å². The first-order chi connectivity index (χ1) is 7.05. The third-order valence-electron chi connectivity index (χ3n) is 2.27. The summed E-state index contributed by atoms with van der Waals surface area (Å²) in [5.74, 6) is 0. The van der Waals surface area contributed by atoms with Crippen LogP contribution in [0.1, 0.15) is 31.6 Å². The molecule has 2 nitrogen and oxygen atoms in total. The molecule has 0 aromatic carbocycles. The Kier molecular flexibility index (Phi) is 5.26. The molecular formula is C11H18BrNOS. The van der Waals surface area contributed by atoms with Gasteiger partial charge in [0.1, 0.15) is 0 Å². The first-order valence-corrected chi connectivity index (χ1v) is 6.87. The van der Waals surface area contributed by atoms with Crippen LogP contribution in [0, 0.1) is 0 Å². The van der Waals surface area contributed by atoms with Crippen molar-refractivity contribution < 1.29 is 5.11 Å². The number of thiophene rings is 1. The first-order valence-electron chi connectivity index (χ1n) is 5.20. The fourth-order valence-corrected chi connectivity index (χ4v) is 2.99. The van der Waals surface area contributed by atoms with Crippen LogP contribution in [0.15, 0.2) is 15.9 Å². The van der Waals surface area contributed by atoms with Gasteiger partial charge in [-0.15, -0.1) is 11.3 Å². The Balaban J connectivity index is 2.30. The average molecular weight is 292 g/mol. The molecule has 2 N–H and O–H groups in total. The van der Waals surface area contributed by atoms with Gasteiger partial charge in [-0.2, -0.15) is 0 Å². The number of hydrogen-bond donors (Lipinski definition) is 2. The van der Waals surface area contributed by atoms with E-state index < -0.39 is 5.60 Å². The van der Waals surface area contributed by atoms with Crippen LogP contribution >= 0.6 is 27.3 Å². The summed E-state index contributed by atoms with van der Waals surface area (Å²) in [5.41, 5.74) is -0.585. The Bertz CT molecular complexity index is 299. The van der Waals surface area contributed by atoms with Crippen molar-refractivity contribution in [3.63, 3.8) is 0 Å². The molecule has 1 unspecified atom stereocenters. The van der Waals surface area contributed by atoms with E-state index in [0.29, 0.717) is 6.54 Å². The minimum Gasteiger partial charge on any atom is -0.389 e. The summed E-state index contributed by atoms with van der Waals surface area (Å²) in [4.78, 5) is 1.28. The van der Waals surface area contributed by atoms with Gasteiger partial charge in [-0.25, -0.2) is 0 Å². The Morgan fingerprint density at radius 2 is 2.33 bits per heavy atom. The molecule has 4 heteroatoms. The second-order valence-corrected chi connectivity index (χ2v) is 5.90. The zero-order valence-electron chi connectivity index (χ0n) is 9.22. The summed E-state index contributed by atoms with van der Waals surface area (Å²) >= 11 is 5.21. The van der Waals surface area contributed by atoms with Crippen molar-refractivity contribution in [3.8, 4) is 0 Å². The molecule has 1 rings (SSSR count). The summed E-state index contributed by atoms with van der Waals surface area (Å²) in [6.45, 7) is 5.43. The van der Waals surface area contributed by atoms with Gasteiger partial charge in [-0.3, -0.25) is 0 Å². The highest BCUT2D eigenvalue weighted by Crippen LogP contribution is 2.22. The molecular weight excluding hydrogens is 274 g/mol. The Hall–Kier alpha value is 0.100. The Morgan fingerprint density at radius 1 is 1.60 bits per heavy atom. The minimum atomic E-state index is -0.585. The topological polar surface area (TPSA) is 32.3 Å². The predicted molar refractivity (Wildman–Crippen MR) is 69.3 cm³/mol. The van der Waals surface area contributed by atoms with Gasteiger partial charge >= 0.3 is 0 Å². The van der Waals surface area contributed by atoms with E-state index in [4.69, 9.17) is 0 Å². The van der Waals surface area contributed by atoms with Crippen molar-refractivity contribution in [1.29, 1.82) is 0 Å². The maximum atomic E-state index is 9.94. The molecule has 86 valence electrons.